The van der Waals surface area contributed by atoms with Gasteiger partial charge in [0, 0.05) is 90.8 Å². The molecular formula is C108H60F20N4. The van der Waals surface area contributed by atoms with Crippen LogP contribution >= 0.6 is 0 Å². The molecule has 0 aromatic heterocycles. The number of benzene rings is 20. The molecule has 0 aliphatic rings. The second kappa shape index (κ2) is 33.4. The lowest BCUT2D eigenvalue weighted by atomic mass is 9.91. The van der Waals surface area contributed by atoms with E-state index in [-0.39, 0.29) is 45.0 Å². The summed E-state index contributed by atoms with van der Waals surface area (Å²) < 4.78 is 297. The van der Waals surface area contributed by atoms with Gasteiger partial charge in [-0.2, -0.15) is 52.7 Å². The van der Waals surface area contributed by atoms with E-state index in [4.69, 9.17) is 0 Å². The zero-order valence-electron chi connectivity index (χ0n) is 68.0. The van der Waals surface area contributed by atoms with Crippen LogP contribution in [0.15, 0.2) is 364 Å². The summed E-state index contributed by atoms with van der Waals surface area (Å²) in [5.74, 6) is -8.57. The molecule has 0 aliphatic heterocycles. The maximum atomic E-state index is 16.4. The number of para-hydroxylation sites is 4. The minimum Gasteiger partial charge on any atom is -0.307 e. The third-order valence-electron chi connectivity index (χ3n) is 23.4. The van der Waals surface area contributed by atoms with Crippen molar-refractivity contribution in [1.29, 1.82) is 0 Å². The van der Waals surface area contributed by atoms with E-state index in [1.54, 1.807) is 168 Å². The highest BCUT2D eigenvalue weighted by Gasteiger charge is 2.39. The largest absolute Gasteiger partial charge is 0.417 e. The molecule has 0 spiro atoms. The molecule has 0 atom stereocenters. The van der Waals surface area contributed by atoms with Crippen LogP contribution in [0.1, 0.15) is 22.3 Å². The van der Waals surface area contributed by atoms with Gasteiger partial charge < -0.3 is 19.6 Å². The number of anilines is 12. The topological polar surface area (TPSA) is 13.0 Å². The molecule has 20 rings (SSSR count). The number of rotatable bonds is 16. The van der Waals surface area contributed by atoms with Crippen molar-refractivity contribution in [3.63, 3.8) is 0 Å². The molecular weight excluding hydrogens is 1730 g/mol. The Hall–Kier alpha value is -15.7. The van der Waals surface area contributed by atoms with Crippen LogP contribution in [-0.4, -0.2) is 0 Å². The predicted octanol–water partition coefficient (Wildman–Crippen LogP) is 34.9. The highest BCUT2D eigenvalue weighted by Crippen LogP contribution is 2.55. The highest BCUT2D eigenvalue weighted by molar-refractivity contribution is 6.30. The molecule has 20 aromatic rings. The zero-order valence-corrected chi connectivity index (χ0v) is 68.0. The lowest BCUT2D eigenvalue weighted by Gasteiger charge is -2.30. The molecule has 20 aromatic carbocycles. The zero-order chi connectivity index (χ0) is 92.1. The molecule has 0 unspecified atom stereocenters. The standard InChI is InChI=1S/2C54H30F10N2/c55-43-29-45(57)49(27-41(43)33-9-7-11-35(25-33)53(59,60)61)65(37-13-3-1-4-14-37)47-23-19-31-18-22-40-48(24-20-32-17-21-39(47)51(31)52(32)40)66(38-15-5-2-6-16-38)50-28-42(44(56)30-46(50)58)34-10-8-12-36(26-34)54(62,63)64;55-43-29-45(57)49(27-39(43)35-15-7-9-17-41(35)53(59,60)61)65(33-11-3-1-4-12-33)47-25-21-31-20-24-38-48(26-22-32-19-23-37(47)51(31)52(32)38)66(34-13-5-2-6-14-34)50-28-40(44(56)30-46(50)58)36-16-8-10-18-42(36)54(62,63)64/h2*1-30H. The van der Waals surface area contributed by atoms with E-state index in [0.717, 1.165) is 94.3 Å². The first kappa shape index (κ1) is 85.7. The first-order chi connectivity index (χ1) is 63.3. The summed E-state index contributed by atoms with van der Waals surface area (Å²) in [7, 11) is 0. The Labute approximate surface area is 738 Å². The van der Waals surface area contributed by atoms with E-state index in [1.165, 1.54) is 58.3 Å². The van der Waals surface area contributed by atoms with E-state index < -0.39 is 116 Å². The molecule has 4 nitrogen and oxygen atoms in total. The van der Waals surface area contributed by atoms with Crippen LogP contribution in [0.25, 0.3) is 109 Å². The van der Waals surface area contributed by atoms with E-state index in [2.05, 4.69) is 0 Å². The summed E-state index contributed by atoms with van der Waals surface area (Å²) in [4.78, 5) is 6.15. The van der Waals surface area contributed by atoms with Gasteiger partial charge in [-0.15, -0.1) is 0 Å². The van der Waals surface area contributed by atoms with Crippen molar-refractivity contribution in [3.8, 4) is 44.5 Å². The van der Waals surface area contributed by atoms with Gasteiger partial charge in [0.15, 0.2) is 0 Å². The predicted molar refractivity (Wildman–Crippen MR) is 480 cm³/mol. The van der Waals surface area contributed by atoms with Gasteiger partial charge in [0.2, 0.25) is 0 Å². The van der Waals surface area contributed by atoms with Crippen LogP contribution in [-0.2, 0) is 24.7 Å². The lowest BCUT2D eigenvalue weighted by Crippen LogP contribution is -2.14. The van der Waals surface area contributed by atoms with Gasteiger partial charge in [0.05, 0.1) is 67.8 Å². The summed E-state index contributed by atoms with van der Waals surface area (Å²) >= 11 is 0. The van der Waals surface area contributed by atoms with Gasteiger partial charge in [-0.05, 0) is 199 Å². The minimum atomic E-state index is -4.85. The first-order valence-corrected chi connectivity index (χ1v) is 40.8. The SMILES string of the molecule is Fc1cc(F)c(N(c2ccccc2)c2ccc3ccc4c(N(c5ccccc5)c5cc(-c6cccc(C(F)(F)F)c6)c(F)cc5F)ccc5ccc2c3c54)cc1-c1cccc(C(F)(F)F)c1.Fc1cc(F)c(N(c2ccccc2)c2ccc3ccc4c(N(c5ccccc5)c5cc(-c6ccccc6C(F)(F)F)c(F)cc5F)ccc5ccc2c3c54)cc1-c1ccccc1C(F)(F)F. The summed E-state index contributed by atoms with van der Waals surface area (Å²) in [5, 5.41) is 7.97. The fraction of sp³-hybridized carbons (Fsp3) is 0.0370. The molecule has 0 heterocycles. The van der Waals surface area contributed by atoms with Gasteiger partial charge in [-0.3, -0.25) is 0 Å². The Morgan fingerprint density at radius 3 is 0.659 bits per heavy atom. The average molecular weight is 1790 g/mol. The van der Waals surface area contributed by atoms with Crippen LogP contribution < -0.4 is 19.6 Å². The number of halogens is 20. The molecule has 0 amide bonds. The molecule has 0 saturated heterocycles. The van der Waals surface area contributed by atoms with Crippen molar-refractivity contribution in [1.82, 2.24) is 0 Å². The average Bonchev–Trinajstić information content (AvgIpc) is 0.719. The maximum absolute atomic E-state index is 16.4. The third kappa shape index (κ3) is 15.6. The monoisotopic (exact) mass is 1790 g/mol. The number of alkyl halides is 12. The van der Waals surface area contributed by atoms with Crippen LogP contribution in [0, 0.1) is 46.5 Å². The molecule has 0 N–H and O–H groups in total. The van der Waals surface area contributed by atoms with E-state index in [9.17, 15) is 52.7 Å². The van der Waals surface area contributed by atoms with E-state index in [0.29, 0.717) is 113 Å². The van der Waals surface area contributed by atoms with Crippen LogP contribution in [0.2, 0.25) is 0 Å². The Morgan fingerprint density at radius 1 is 0.167 bits per heavy atom. The second-order valence-electron chi connectivity index (χ2n) is 31.2. The van der Waals surface area contributed by atoms with Crippen molar-refractivity contribution >= 4 is 133 Å². The Balaban J connectivity index is 0.000000170. The van der Waals surface area contributed by atoms with Crippen molar-refractivity contribution in [2.24, 2.45) is 0 Å². The van der Waals surface area contributed by atoms with Crippen molar-refractivity contribution in [2.45, 2.75) is 24.7 Å². The number of hydrogen-bond donors (Lipinski definition) is 0. The van der Waals surface area contributed by atoms with Gasteiger partial charge in [-0.1, -0.05) is 206 Å². The molecule has 0 fully saturated rings. The molecule has 24 heteroatoms. The number of nitrogens with zero attached hydrogens (tertiary/aromatic N) is 4. The van der Waals surface area contributed by atoms with Crippen molar-refractivity contribution in [3.05, 3.63) is 433 Å². The molecule has 0 saturated carbocycles. The fourth-order valence-corrected chi connectivity index (χ4v) is 17.6. The fourth-order valence-electron chi connectivity index (χ4n) is 17.6. The first-order valence-electron chi connectivity index (χ1n) is 40.8. The van der Waals surface area contributed by atoms with E-state index >= 15 is 35.1 Å². The minimum absolute atomic E-state index is 0.109. The van der Waals surface area contributed by atoms with Gasteiger partial charge in [0.25, 0.3) is 0 Å². The maximum Gasteiger partial charge on any atom is 0.417 e. The molecule has 652 valence electrons. The normalized spacial score (nSPS) is 12.1. The van der Waals surface area contributed by atoms with E-state index in [1.807, 2.05) is 60.7 Å². The van der Waals surface area contributed by atoms with Gasteiger partial charge in [0.1, 0.15) is 46.5 Å². The smallest absolute Gasteiger partial charge is 0.307 e. The molecule has 0 aliphatic carbocycles. The summed E-state index contributed by atoms with van der Waals surface area (Å²) in [6, 6.07) is 87.4. The van der Waals surface area contributed by atoms with Gasteiger partial charge in [-0.25, -0.2) is 35.1 Å². The second-order valence-corrected chi connectivity index (χ2v) is 31.2. The van der Waals surface area contributed by atoms with Crippen molar-refractivity contribution < 1.29 is 87.8 Å². The molecule has 132 heavy (non-hydrogen) atoms. The van der Waals surface area contributed by atoms with Gasteiger partial charge >= 0.3 is 24.7 Å². The highest BCUT2D eigenvalue weighted by atomic mass is 19.4. The molecule has 0 bridgehead atoms. The lowest BCUT2D eigenvalue weighted by molar-refractivity contribution is -0.138. The summed E-state index contributed by atoms with van der Waals surface area (Å²) in [6.45, 7) is 0. The third-order valence-corrected chi connectivity index (χ3v) is 23.4. The van der Waals surface area contributed by atoms with Crippen molar-refractivity contribution in [2.75, 3.05) is 19.6 Å². The Bertz CT molecular complexity index is 7380. The summed E-state index contributed by atoms with van der Waals surface area (Å²) in [5.41, 5.74) is -4.26. The van der Waals surface area contributed by atoms with Crippen LogP contribution in [0.5, 0.6) is 0 Å². The molecule has 0 radical (unpaired) electrons. The summed E-state index contributed by atoms with van der Waals surface area (Å²) in [6.07, 6.45) is -19.1. The quantitative estimate of drug-likeness (QED) is 0.0706. The van der Waals surface area contributed by atoms with Crippen LogP contribution in [0.3, 0.4) is 0 Å². The Kier molecular flexibility index (Phi) is 21.7. The van der Waals surface area contributed by atoms with Crippen LogP contribution in [0.4, 0.5) is 156 Å². The number of hydrogen-bond acceptors (Lipinski definition) is 4. The Morgan fingerprint density at radius 2 is 0.402 bits per heavy atom.